The predicted molar refractivity (Wildman–Crippen MR) is 130 cm³/mol. The second-order valence-electron chi connectivity index (χ2n) is 8.77. The van der Waals surface area contributed by atoms with Crippen molar-refractivity contribution in [2.45, 2.75) is 32.1 Å². The van der Waals surface area contributed by atoms with Gasteiger partial charge in [-0.05, 0) is 66.6 Å². The van der Waals surface area contributed by atoms with E-state index >= 15 is 0 Å². The summed E-state index contributed by atoms with van der Waals surface area (Å²) in [6, 6.07) is 20.3. The van der Waals surface area contributed by atoms with Crippen molar-refractivity contribution in [3.63, 3.8) is 0 Å². The number of hydrogen-bond donors (Lipinski definition) is 1. The minimum Gasteiger partial charge on any atom is -0.463 e. The summed E-state index contributed by atoms with van der Waals surface area (Å²) in [4.78, 5) is 28.9. The standard InChI is InChI=1S/C27H23ClFN3O3/c1-27(26(34)30-15-18-4-8-20(28)9-5-18)17-31-22(24-3-2-14-35-24)12-13-23(31)25(33)32(27)16-19-6-10-21(29)11-7-19/h2-14H,15-17H2,1H3,(H,30,34). The fourth-order valence-electron chi connectivity index (χ4n) is 4.41. The Kier molecular flexibility index (Phi) is 5.94. The molecule has 3 heterocycles. The van der Waals surface area contributed by atoms with Gasteiger partial charge in [0.2, 0.25) is 5.91 Å². The van der Waals surface area contributed by atoms with Crippen LogP contribution in [0.2, 0.25) is 5.02 Å². The zero-order valence-corrected chi connectivity index (χ0v) is 19.8. The molecule has 178 valence electrons. The monoisotopic (exact) mass is 491 g/mol. The Morgan fingerprint density at radius 3 is 2.40 bits per heavy atom. The van der Waals surface area contributed by atoms with Crippen molar-refractivity contribution in [1.82, 2.24) is 14.8 Å². The van der Waals surface area contributed by atoms with Crippen molar-refractivity contribution in [3.05, 3.63) is 107 Å². The highest BCUT2D eigenvalue weighted by Gasteiger charge is 2.47. The first kappa shape index (κ1) is 22.9. The summed E-state index contributed by atoms with van der Waals surface area (Å²) in [5.74, 6) is -0.339. The van der Waals surface area contributed by atoms with Crippen LogP contribution in [0.5, 0.6) is 0 Å². The third-order valence-electron chi connectivity index (χ3n) is 6.39. The molecule has 35 heavy (non-hydrogen) atoms. The molecule has 1 atom stereocenters. The summed E-state index contributed by atoms with van der Waals surface area (Å²) in [6.45, 7) is 2.42. The molecular formula is C27H23ClFN3O3. The number of halogens is 2. The number of carbonyl (C=O) groups is 2. The van der Waals surface area contributed by atoms with Crippen LogP contribution in [0.1, 0.15) is 28.5 Å². The Hall–Kier alpha value is -3.84. The van der Waals surface area contributed by atoms with Crippen LogP contribution in [0.15, 0.2) is 83.5 Å². The molecule has 1 unspecified atom stereocenters. The van der Waals surface area contributed by atoms with Crippen LogP contribution in [0.25, 0.3) is 11.5 Å². The van der Waals surface area contributed by atoms with Crippen molar-refractivity contribution in [2.75, 3.05) is 0 Å². The number of furan rings is 1. The average molecular weight is 492 g/mol. The maximum Gasteiger partial charge on any atom is 0.271 e. The lowest BCUT2D eigenvalue weighted by Crippen LogP contribution is -2.63. The van der Waals surface area contributed by atoms with Crippen LogP contribution in [0.4, 0.5) is 4.39 Å². The third kappa shape index (κ3) is 4.35. The quantitative estimate of drug-likeness (QED) is 0.399. The van der Waals surface area contributed by atoms with Gasteiger partial charge in [-0.15, -0.1) is 0 Å². The van der Waals surface area contributed by atoms with Crippen molar-refractivity contribution in [3.8, 4) is 11.5 Å². The van der Waals surface area contributed by atoms with Gasteiger partial charge in [0.25, 0.3) is 5.91 Å². The smallest absolute Gasteiger partial charge is 0.271 e. The van der Waals surface area contributed by atoms with Gasteiger partial charge in [0.05, 0.1) is 18.5 Å². The first-order valence-corrected chi connectivity index (χ1v) is 11.6. The lowest BCUT2D eigenvalue weighted by molar-refractivity contribution is -0.133. The van der Waals surface area contributed by atoms with E-state index in [9.17, 15) is 14.0 Å². The molecule has 1 N–H and O–H groups in total. The van der Waals surface area contributed by atoms with Crippen molar-refractivity contribution in [1.29, 1.82) is 0 Å². The number of amides is 2. The van der Waals surface area contributed by atoms with E-state index in [1.165, 1.54) is 12.1 Å². The molecule has 8 heteroatoms. The molecular weight excluding hydrogens is 469 g/mol. The number of fused-ring (bicyclic) bond motifs is 1. The summed E-state index contributed by atoms with van der Waals surface area (Å²) >= 11 is 5.97. The number of nitrogens with one attached hydrogen (secondary N) is 1. The van der Waals surface area contributed by atoms with Gasteiger partial charge >= 0.3 is 0 Å². The fraction of sp³-hybridized carbons (Fsp3) is 0.185. The largest absolute Gasteiger partial charge is 0.463 e. The minimum atomic E-state index is -1.22. The summed E-state index contributed by atoms with van der Waals surface area (Å²) in [5, 5.41) is 3.59. The van der Waals surface area contributed by atoms with Crippen LogP contribution in [0.3, 0.4) is 0 Å². The Morgan fingerprint density at radius 2 is 1.71 bits per heavy atom. The van der Waals surface area contributed by atoms with E-state index in [0.29, 0.717) is 16.5 Å². The molecule has 5 rings (SSSR count). The van der Waals surface area contributed by atoms with Gasteiger partial charge < -0.3 is 19.2 Å². The molecule has 1 aliphatic heterocycles. The molecule has 2 aromatic heterocycles. The second kappa shape index (κ2) is 9.07. The fourth-order valence-corrected chi connectivity index (χ4v) is 4.53. The van der Waals surface area contributed by atoms with E-state index in [-0.39, 0.29) is 37.3 Å². The Labute approximate surface area is 206 Å². The first-order chi connectivity index (χ1) is 16.8. The first-order valence-electron chi connectivity index (χ1n) is 11.2. The van der Waals surface area contributed by atoms with E-state index < -0.39 is 5.54 Å². The van der Waals surface area contributed by atoms with Crippen LogP contribution in [-0.2, 0) is 24.4 Å². The molecule has 0 fully saturated rings. The van der Waals surface area contributed by atoms with Gasteiger partial charge in [-0.25, -0.2) is 4.39 Å². The Bertz CT molecular complexity index is 1360. The van der Waals surface area contributed by atoms with Crippen molar-refractivity contribution >= 4 is 23.4 Å². The van der Waals surface area contributed by atoms with E-state index in [1.807, 2.05) is 28.8 Å². The van der Waals surface area contributed by atoms with Gasteiger partial charge in [0.1, 0.15) is 22.8 Å². The van der Waals surface area contributed by atoms with Gasteiger partial charge in [0.15, 0.2) is 0 Å². The Morgan fingerprint density at radius 1 is 1.03 bits per heavy atom. The molecule has 0 saturated carbocycles. The van der Waals surface area contributed by atoms with E-state index in [0.717, 1.165) is 16.8 Å². The normalized spacial score (nSPS) is 17.3. The van der Waals surface area contributed by atoms with Crippen molar-refractivity contribution < 1.29 is 18.4 Å². The van der Waals surface area contributed by atoms with Gasteiger partial charge in [-0.2, -0.15) is 0 Å². The number of benzene rings is 2. The molecule has 1 aliphatic rings. The molecule has 2 amide bonds. The molecule has 4 aromatic rings. The highest BCUT2D eigenvalue weighted by atomic mass is 35.5. The molecule has 0 saturated heterocycles. The molecule has 0 radical (unpaired) electrons. The SMILES string of the molecule is CC1(C(=O)NCc2ccc(Cl)cc2)Cn2c(ccc2-c2ccco2)C(=O)N1Cc1ccc(F)cc1. The van der Waals surface area contributed by atoms with Gasteiger partial charge in [0, 0.05) is 18.1 Å². The zero-order valence-electron chi connectivity index (χ0n) is 19.0. The number of hydrogen-bond acceptors (Lipinski definition) is 3. The summed E-state index contributed by atoms with van der Waals surface area (Å²) < 4.78 is 20.9. The van der Waals surface area contributed by atoms with Crippen LogP contribution in [0, 0.1) is 5.82 Å². The van der Waals surface area contributed by atoms with Crippen LogP contribution >= 0.6 is 11.6 Å². The summed E-state index contributed by atoms with van der Waals surface area (Å²) in [5.41, 5.74) is 1.57. The summed E-state index contributed by atoms with van der Waals surface area (Å²) in [6.07, 6.45) is 1.57. The molecule has 0 aliphatic carbocycles. The van der Waals surface area contributed by atoms with Crippen LogP contribution < -0.4 is 5.32 Å². The predicted octanol–water partition coefficient (Wildman–Crippen LogP) is 5.27. The number of aromatic nitrogens is 1. The lowest BCUT2D eigenvalue weighted by atomic mass is 9.93. The third-order valence-corrected chi connectivity index (χ3v) is 6.64. The Balaban J connectivity index is 1.50. The number of carbonyl (C=O) groups excluding carboxylic acids is 2. The van der Waals surface area contributed by atoms with Crippen LogP contribution in [-0.4, -0.2) is 26.8 Å². The van der Waals surface area contributed by atoms with E-state index in [4.69, 9.17) is 16.0 Å². The number of rotatable bonds is 6. The van der Waals surface area contributed by atoms with Gasteiger partial charge in [-0.1, -0.05) is 35.9 Å². The molecule has 6 nitrogen and oxygen atoms in total. The highest BCUT2D eigenvalue weighted by molar-refractivity contribution is 6.30. The highest BCUT2D eigenvalue weighted by Crippen LogP contribution is 2.34. The van der Waals surface area contributed by atoms with Gasteiger partial charge in [-0.3, -0.25) is 9.59 Å². The minimum absolute atomic E-state index is 0.158. The molecule has 0 spiro atoms. The summed E-state index contributed by atoms with van der Waals surface area (Å²) in [7, 11) is 0. The second-order valence-corrected chi connectivity index (χ2v) is 9.20. The zero-order chi connectivity index (χ0) is 24.6. The number of nitrogens with zero attached hydrogens (tertiary/aromatic N) is 2. The average Bonchev–Trinajstić information content (AvgIpc) is 3.52. The maximum atomic E-state index is 13.7. The van der Waals surface area contributed by atoms with E-state index in [1.54, 1.807) is 54.5 Å². The molecule has 2 aromatic carbocycles. The molecule has 0 bridgehead atoms. The van der Waals surface area contributed by atoms with Crippen molar-refractivity contribution in [2.24, 2.45) is 0 Å². The maximum absolute atomic E-state index is 13.7. The topological polar surface area (TPSA) is 67.5 Å². The lowest BCUT2D eigenvalue weighted by Gasteiger charge is -2.44. The van der Waals surface area contributed by atoms with E-state index in [2.05, 4.69) is 5.32 Å².